The van der Waals surface area contributed by atoms with E-state index in [4.69, 9.17) is 16.7 Å². The second-order valence-corrected chi connectivity index (χ2v) is 6.34. The van der Waals surface area contributed by atoms with E-state index in [0.29, 0.717) is 30.3 Å². The van der Waals surface area contributed by atoms with Gasteiger partial charge in [-0.2, -0.15) is 0 Å². The molecule has 0 aromatic heterocycles. The van der Waals surface area contributed by atoms with Gasteiger partial charge in [-0.1, -0.05) is 23.7 Å². The SMILES string of the molecule is O=C(NCCN1CCN=C1c1ccccc1Cl)Nc1ccc(C(=O)O)cc1. The Bertz CT molecular complexity index is 868. The molecule has 0 bridgehead atoms. The molecule has 0 atom stereocenters. The summed E-state index contributed by atoms with van der Waals surface area (Å²) in [6.07, 6.45) is 0. The molecular formula is C19H19ClN4O3. The lowest BCUT2D eigenvalue weighted by Gasteiger charge is -2.21. The van der Waals surface area contributed by atoms with E-state index in [2.05, 4.69) is 20.5 Å². The van der Waals surface area contributed by atoms with Crippen molar-refractivity contribution in [1.29, 1.82) is 0 Å². The molecule has 0 unspecified atom stereocenters. The number of carboxylic acid groups (broad SMARTS) is 1. The van der Waals surface area contributed by atoms with E-state index in [9.17, 15) is 9.59 Å². The van der Waals surface area contributed by atoms with Crippen LogP contribution in [0.25, 0.3) is 0 Å². The van der Waals surface area contributed by atoms with Crippen molar-refractivity contribution >= 4 is 35.1 Å². The van der Waals surface area contributed by atoms with Crippen molar-refractivity contribution in [2.24, 2.45) is 4.99 Å². The number of anilines is 1. The van der Waals surface area contributed by atoms with E-state index < -0.39 is 5.97 Å². The third-order valence-electron chi connectivity index (χ3n) is 4.10. The van der Waals surface area contributed by atoms with Gasteiger partial charge >= 0.3 is 12.0 Å². The summed E-state index contributed by atoms with van der Waals surface area (Å²) in [6, 6.07) is 13.2. The Morgan fingerprint density at radius 2 is 1.89 bits per heavy atom. The van der Waals surface area contributed by atoms with Gasteiger partial charge in [0.25, 0.3) is 0 Å². The molecular weight excluding hydrogens is 368 g/mol. The summed E-state index contributed by atoms with van der Waals surface area (Å²) >= 11 is 6.25. The zero-order chi connectivity index (χ0) is 19.2. The molecule has 0 saturated carbocycles. The summed E-state index contributed by atoms with van der Waals surface area (Å²) in [7, 11) is 0. The Labute approximate surface area is 161 Å². The number of halogens is 1. The predicted octanol–water partition coefficient (Wildman–Crippen LogP) is 2.92. The van der Waals surface area contributed by atoms with Crippen LogP contribution in [0.4, 0.5) is 10.5 Å². The molecule has 0 fully saturated rings. The molecule has 2 aromatic carbocycles. The Kier molecular flexibility index (Phi) is 5.93. The molecule has 1 aliphatic rings. The Balaban J connectivity index is 1.49. The van der Waals surface area contributed by atoms with Crippen LogP contribution in [0.2, 0.25) is 5.02 Å². The summed E-state index contributed by atoms with van der Waals surface area (Å²) in [4.78, 5) is 29.4. The lowest BCUT2D eigenvalue weighted by molar-refractivity contribution is 0.0697. The molecule has 2 amide bonds. The number of nitrogens with zero attached hydrogens (tertiary/aromatic N) is 2. The van der Waals surface area contributed by atoms with E-state index in [-0.39, 0.29) is 11.6 Å². The first-order chi connectivity index (χ1) is 13.0. The predicted molar refractivity (Wildman–Crippen MR) is 105 cm³/mol. The summed E-state index contributed by atoms with van der Waals surface area (Å²) in [5.74, 6) is -0.167. The van der Waals surface area contributed by atoms with Gasteiger partial charge < -0.3 is 20.6 Å². The Morgan fingerprint density at radius 1 is 1.15 bits per heavy atom. The summed E-state index contributed by atoms with van der Waals surface area (Å²) in [5, 5.41) is 15.0. The molecule has 0 spiro atoms. The highest BCUT2D eigenvalue weighted by Crippen LogP contribution is 2.19. The third kappa shape index (κ3) is 4.77. The molecule has 27 heavy (non-hydrogen) atoms. The van der Waals surface area contributed by atoms with E-state index >= 15 is 0 Å². The maximum atomic E-state index is 12.0. The number of aliphatic imine (C=N–C) groups is 1. The van der Waals surface area contributed by atoms with Crippen LogP contribution in [0.15, 0.2) is 53.5 Å². The zero-order valence-corrected chi connectivity index (χ0v) is 15.2. The quantitative estimate of drug-likeness (QED) is 0.711. The van der Waals surface area contributed by atoms with Gasteiger partial charge in [-0.3, -0.25) is 4.99 Å². The smallest absolute Gasteiger partial charge is 0.335 e. The summed E-state index contributed by atoms with van der Waals surface area (Å²) < 4.78 is 0. The van der Waals surface area contributed by atoms with Crippen LogP contribution >= 0.6 is 11.6 Å². The Morgan fingerprint density at radius 3 is 2.59 bits per heavy atom. The summed E-state index contributed by atoms with van der Waals surface area (Å²) in [6.45, 7) is 2.52. The van der Waals surface area contributed by atoms with Gasteiger partial charge in [0.05, 0.1) is 17.1 Å². The molecule has 8 heteroatoms. The molecule has 3 N–H and O–H groups in total. The highest BCUT2D eigenvalue weighted by Gasteiger charge is 2.20. The van der Waals surface area contributed by atoms with Crippen LogP contribution in [-0.2, 0) is 0 Å². The van der Waals surface area contributed by atoms with Crippen LogP contribution in [-0.4, -0.2) is 54.0 Å². The number of urea groups is 1. The fourth-order valence-corrected chi connectivity index (χ4v) is 2.99. The monoisotopic (exact) mass is 386 g/mol. The first kappa shape index (κ1) is 18.7. The Hall–Kier alpha value is -3.06. The summed E-state index contributed by atoms with van der Waals surface area (Å²) in [5.41, 5.74) is 1.58. The van der Waals surface area contributed by atoms with Gasteiger partial charge in [-0.25, -0.2) is 9.59 Å². The first-order valence-electron chi connectivity index (χ1n) is 8.47. The normalized spacial score (nSPS) is 13.2. The lowest BCUT2D eigenvalue weighted by atomic mass is 10.2. The zero-order valence-electron chi connectivity index (χ0n) is 14.5. The van der Waals surface area contributed by atoms with Gasteiger partial charge in [0, 0.05) is 30.9 Å². The van der Waals surface area contributed by atoms with Crippen molar-refractivity contribution in [1.82, 2.24) is 10.2 Å². The van der Waals surface area contributed by atoms with Crippen molar-refractivity contribution in [3.63, 3.8) is 0 Å². The van der Waals surface area contributed by atoms with Crippen LogP contribution in [0.5, 0.6) is 0 Å². The fourth-order valence-electron chi connectivity index (χ4n) is 2.77. The average molecular weight is 387 g/mol. The maximum absolute atomic E-state index is 12.0. The number of hydrogen-bond donors (Lipinski definition) is 3. The van der Waals surface area contributed by atoms with E-state index in [0.717, 1.165) is 17.9 Å². The van der Waals surface area contributed by atoms with Crippen LogP contribution in [0.1, 0.15) is 15.9 Å². The van der Waals surface area contributed by atoms with Crippen LogP contribution < -0.4 is 10.6 Å². The number of carboxylic acids is 1. The van der Waals surface area contributed by atoms with E-state index in [1.165, 1.54) is 12.1 Å². The molecule has 0 aliphatic carbocycles. The molecule has 1 aliphatic heterocycles. The minimum Gasteiger partial charge on any atom is -0.478 e. The highest BCUT2D eigenvalue weighted by molar-refractivity contribution is 6.34. The van der Waals surface area contributed by atoms with Gasteiger partial charge in [-0.05, 0) is 36.4 Å². The van der Waals surface area contributed by atoms with Crippen molar-refractivity contribution in [2.75, 3.05) is 31.5 Å². The largest absolute Gasteiger partial charge is 0.478 e. The minimum atomic E-state index is -1.01. The lowest BCUT2D eigenvalue weighted by Crippen LogP contribution is -2.38. The molecule has 2 aromatic rings. The van der Waals surface area contributed by atoms with Gasteiger partial charge in [-0.15, -0.1) is 0 Å². The number of carbonyl (C=O) groups excluding carboxylic acids is 1. The molecule has 140 valence electrons. The van der Waals surface area contributed by atoms with Crippen LogP contribution in [0, 0.1) is 0 Å². The number of nitrogens with one attached hydrogen (secondary N) is 2. The number of rotatable bonds is 6. The van der Waals surface area contributed by atoms with Crippen molar-refractivity contribution in [2.45, 2.75) is 0 Å². The van der Waals surface area contributed by atoms with Gasteiger partial charge in [0.15, 0.2) is 0 Å². The second-order valence-electron chi connectivity index (χ2n) is 5.94. The number of amides is 2. The standard InChI is InChI=1S/C19H19ClN4O3/c20-16-4-2-1-3-15(16)17-21-9-11-24(17)12-10-22-19(27)23-14-7-5-13(6-8-14)18(25)26/h1-8H,9-12H2,(H,25,26)(H2,22,23,27). The first-order valence-corrected chi connectivity index (χ1v) is 8.85. The van der Waals surface area contributed by atoms with Gasteiger partial charge in [0.1, 0.15) is 5.84 Å². The molecule has 1 heterocycles. The number of benzene rings is 2. The molecule has 0 saturated heterocycles. The number of hydrogen-bond acceptors (Lipinski definition) is 4. The highest BCUT2D eigenvalue weighted by atomic mass is 35.5. The van der Waals surface area contributed by atoms with Crippen molar-refractivity contribution in [3.05, 3.63) is 64.7 Å². The number of aromatic carboxylic acids is 1. The van der Waals surface area contributed by atoms with Gasteiger partial charge in [0.2, 0.25) is 0 Å². The van der Waals surface area contributed by atoms with E-state index in [1.54, 1.807) is 12.1 Å². The molecule has 3 rings (SSSR count). The third-order valence-corrected chi connectivity index (χ3v) is 4.43. The maximum Gasteiger partial charge on any atom is 0.335 e. The number of carbonyl (C=O) groups is 2. The van der Waals surface area contributed by atoms with E-state index in [1.807, 2.05) is 24.3 Å². The topological polar surface area (TPSA) is 94.0 Å². The minimum absolute atomic E-state index is 0.168. The number of amidine groups is 1. The van der Waals surface area contributed by atoms with Crippen molar-refractivity contribution < 1.29 is 14.7 Å². The second kappa shape index (κ2) is 8.55. The van der Waals surface area contributed by atoms with Crippen molar-refractivity contribution in [3.8, 4) is 0 Å². The fraction of sp³-hybridized carbons (Fsp3) is 0.211. The average Bonchev–Trinajstić information content (AvgIpc) is 3.11. The molecule has 7 nitrogen and oxygen atoms in total. The molecule has 0 radical (unpaired) electrons. The van der Waals surface area contributed by atoms with Crippen LogP contribution in [0.3, 0.4) is 0 Å².